The monoisotopic (exact) mass is 517 g/mol. The molecule has 1 aliphatic heterocycles. The molecule has 1 saturated heterocycles. The molecule has 190 valence electrons. The van der Waals surface area contributed by atoms with Gasteiger partial charge in [-0.25, -0.2) is 0 Å². The Morgan fingerprint density at radius 2 is 1.68 bits per heavy atom. The first-order valence-corrected chi connectivity index (χ1v) is 13.2. The predicted octanol–water partition coefficient (Wildman–Crippen LogP) is 6.87. The Kier molecular flexibility index (Phi) is 9.61. The summed E-state index contributed by atoms with van der Waals surface area (Å²) in [6.07, 6.45) is 6.76. The van der Waals surface area contributed by atoms with Crippen LogP contribution in [0.1, 0.15) is 82.3 Å². The number of hydrogen-bond acceptors (Lipinski definition) is 3. The first-order valence-electron chi connectivity index (χ1n) is 12.3. The highest BCUT2D eigenvalue weighted by molar-refractivity contribution is 8.14. The first-order chi connectivity index (χ1) is 15.8. The lowest BCUT2D eigenvalue weighted by Gasteiger charge is -2.41. The van der Waals surface area contributed by atoms with Crippen LogP contribution in [0.5, 0.6) is 0 Å². The van der Waals surface area contributed by atoms with Crippen LogP contribution in [-0.4, -0.2) is 44.9 Å². The van der Waals surface area contributed by atoms with Crippen LogP contribution in [0, 0.1) is 0 Å². The van der Waals surface area contributed by atoms with Gasteiger partial charge in [-0.3, -0.25) is 9.79 Å². The third-order valence-electron chi connectivity index (χ3n) is 7.17. The zero-order chi connectivity index (χ0) is 23.4. The van der Waals surface area contributed by atoms with Gasteiger partial charge in [-0.1, -0.05) is 68.5 Å². The van der Waals surface area contributed by atoms with Crippen molar-refractivity contribution >= 4 is 35.2 Å². The van der Waals surface area contributed by atoms with Gasteiger partial charge in [0.25, 0.3) is 0 Å². The van der Waals surface area contributed by atoms with E-state index in [4.69, 9.17) is 4.99 Å². The average Bonchev–Trinajstić information content (AvgIpc) is 3.21. The molecular formula is C25H35ClF3N3OS. The number of amidine groups is 1. The van der Waals surface area contributed by atoms with E-state index in [1.165, 1.54) is 44.7 Å². The highest BCUT2D eigenvalue weighted by Crippen LogP contribution is 2.37. The van der Waals surface area contributed by atoms with Gasteiger partial charge in [0.2, 0.25) is 5.91 Å². The molecule has 1 heterocycles. The number of rotatable bonds is 5. The molecule has 1 aromatic rings. The minimum atomic E-state index is -4.44. The van der Waals surface area contributed by atoms with E-state index in [-0.39, 0.29) is 36.6 Å². The maximum Gasteiger partial charge on any atom is 0.416 e. The number of benzene rings is 1. The van der Waals surface area contributed by atoms with Crippen molar-refractivity contribution in [2.24, 2.45) is 4.99 Å². The molecule has 2 aliphatic carbocycles. The smallest absolute Gasteiger partial charge is 0.327 e. The second kappa shape index (κ2) is 12.0. The lowest BCUT2D eigenvalue weighted by Crippen LogP contribution is -2.53. The number of alkyl halides is 3. The van der Waals surface area contributed by atoms with Gasteiger partial charge in [0, 0.05) is 25.3 Å². The Morgan fingerprint density at radius 3 is 2.29 bits per heavy atom. The van der Waals surface area contributed by atoms with Crippen molar-refractivity contribution in [3.05, 3.63) is 35.4 Å². The van der Waals surface area contributed by atoms with Crippen LogP contribution < -0.4 is 0 Å². The summed E-state index contributed by atoms with van der Waals surface area (Å²) >= 11 is 1.67. The van der Waals surface area contributed by atoms with Gasteiger partial charge in [0.05, 0.1) is 11.6 Å². The Hall–Kier alpha value is -1.41. The normalized spacial score (nSPS) is 23.7. The van der Waals surface area contributed by atoms with E-state index in [1.807, 2.05) is 0 Å². The van der Waals surface area contributed by atoms with Crippen molar-refractivity contribution in [1.29, 1.82) is 0 Å². The van der Waals surface area contributed by atoms with Crippen LogP contribution in [-0.2, 0) is 17.5 Å². The van der Waals surface area contributed by atoms with E-state index in [9.17, 15) is 18.0 Å². The molecule has 1 unspecified atom stereocenters. The summed E-state index contributed by atoms with van der Waals surface area (Å²) in [6, 6.07) is 6.22. The molecule has 0 spiro atoms. The molecule has 3 fully saturated rings. The molecular weight excluding hydrogens is 483 g/mol. The van der Waals surface area contributed by atoms with Crippen LogP contribution in [0.3, 0.4) is 0 Å². The molecule has 4 rings (SSSR count). The van der Waals surface area contributed by atoms with E-state index < -0.39 is 11.7 Å². The fourth-order valence-corrected chi connectivity index (χ4v) is 6.73. The third-order valence-corrected chi connectivity index (χ3v) is 8.21. The molecule has 9 heteroatoms. The lowest BCUT2D eigenvalue weighted by atomic mass is 9.94. The first kappa shape index (κ1) is 27.2. The Labute approximate surface area is 211 Å². The maximum atomic E-state index is 13.6. The summed E-state index contributed by atoms with van der Waals surface area (Å²) < 4.78 is 40.9. The summed E-state index contributed by atoms with van der Waals surface area (Å²) in [5.74, 6) is 0.452. The zero-order valence-electron chi connectivity index (χ0n) is 19.7. The second-order valence-electron chi connectivity index (χ2n) is 9.50. The van der Waals surface area contributed by atoms with Gasteiger partial charge in [0.15, 0.2) is 5.17 Å². The van der Waals surface area contributed by atoms with Crippen LogP contribution >= 0.6 is 24.2 Å². The van der Waals surface area contributed by atoms with Gasteiger partial charge < -0.3 is 9.80 Å². The van der Waals surface area contributed by atoms with Crippen molar-refractivity contribution in [2.75, 3.05) is 5.75 Å². The molecule has 0 radical (unpaired) electrons. The van der Waals surface area contributed by atoms with Crippen LogP contribution in [0.25, 0.3) is 0 Å². The van der Waals surface area contributed by atoms with Gasteiger partial charge in [0.1, 0.15) is 6.17 Å². The SMILES string of the molecule is CC(=O)N(Cc1ccccc1C(F)(F)F)C1CSC(=NC2CCCCC2)N1C1CCCCC1.Cl. The number of carbonyl (C=O) groups is 1. The molecule has 0 aromatic heterocycles. The average molecular weight is 518 g/mol. The van der Waals surface area contributed by atoms with E-state index >= 15 is 0 Å². The summed E-state index contributed by atoms with van der Waals surface area (Å²) in [6.45, 7) is 1.42. The summed E-state index contributed by atoms with van der Waals surface area (Å²) in [7, 11) is 0. The standard InChI is InChI=1S/C25H34F3N3OS.ClH/c1-18(32)30(16-19-10-8-9-15-22(19)25(26,27)28)23-17-33-24(29-20-11-4-2-5-12-20)31(23)21-13-6-3-7-14-21;/h8-10,15,20-21,23H,2-7,11-14,16-17H2,1H3;1H. The molecule has 1 atom stereocenters. The van der Waals surface area contributed by atoms with Crippen LogP contribution in [0.4, 0.5) is 13.2 Å². The fourth-order valence-electron chi connectivity index (χ4n) is 5.45. The van der Waals surface area contributed by atoms with Gasteiger partial charge in [-0.2, -0.15) is 13.2 Å². The van der Waals surface area contributed by atoms with Gasteiger partial charge in [-0.05, 0) is 37.3 Å². The van der Waals surface area contributed by atoms with Crippen molar-refractivity contribution in [3.63, 3.8) is 0 Å². The van der Waals surface area contributed by atoms with Crippen molar-refractivity contribution in [2.45, 2.75) is 102 Å². The number of aliphatic imine (C=N–C) groups is 1. The quantitative estimate of drug-likeness (QED) is 0.427. The Balaban J connectivity index is 0.00000324. The summed E-state index contributed by atoms with van der Waals surface area (Å²) in [4.78, 5) is 21.9. The molecule has 4 nitrogen and oxygen atoms in total. The van der Waals surface area contributed by atoms with Crippen molar-refractivity contribution in [3.8, 4) is 0 Å². The number of hydrogen-bond donors (Lipinski definition) is 0. The maximum absolute atomic E-state index is 13.6. The minimum Gasteiger partial charge on any atom is -0.327 e. The number of nitrogens with zero attached hydrogens (tertiary/aromatic N) is 3. The summed E-state index contributed by atoms with van der Waals surface area (Å²) in [5.41, 5.74) is -0.520. The number of halogens is 4. The highest BCUT2D eigenvalue weighted by atomic mass is 35.5. The largest absolute Gasteiger partial charge is 0.416 e. The van der Waals surface area contributed by atoms with E-state index in [0.29, 0.717) is 17.8 Å². The molecule has 0 N–H and O–H groups in total. The molecule has 3 aliphatic rings. The minimum absolute atomic E-state index is 0. The lowest BCUT2D eigenvalue weighted by molar-refractivity contribution is -0.141. The topological polar surface area (TPSA) is 35.9 Å². The second-order valence-corrected chi connectivity index (χ2v) is 10.5. The zero-order valence-corrected chi connectivity index (χ0v) is 21.4. The van der Waals surface area contributed by atoms with E-state index in [0.717, 1.165) is 49.8 Å². The van der Waals surface area contributed by atoms with Gasteiger partial charge >= 0.3 is 6.18 Å². The molecule has 1 aromatic carbocycles. The number of amides is 1. The van der Waals surface area contributed by atoms with Crippen LogP contribution in [0.2, 0.25) is 0 Å². The Morgan fingerprint density at radius 1 is 1.06 bits per heavy atom. The van der Waals surface area contributed by atoms with Crippen molar-refractivity contribution < 1.29 is 18.0 Å². The third kappa shape index (κ3) is 6.42. The number of thioether (sulfide) groups is 1. The highest BCUT2D eigenvalue weighted by Gasteiger charge is 2.41. The van der Waals surface area contributed by atoms with Crippen molar-refractivity contribution in [1.82, 2.24) is 9.80 Å². The van der Waals surface area contributed by atoms with Gasteiger partial charge in [-0.15, -0.1) is 12.4 Å². The van der Waals surface area contributed by atoms with E-state index in [2.05, 4.69) is 4.90 Å². The fraction of sp³-hybridized carbons (Fsp3) is 0.680. The molecule has 34 heavy (non-hydrogen) atoms. The summed E-state index contributed by atoms with van der Waals surface area (Å²) in [5, 5.41) is 0.995. The number of carbonyl (C=O) groups excluding carboxylic acids is 1. The molecule has 0 bridgehead atoms. The van der Waals surface area contributed by atoms with Crippen LogP contribution in [0.15, 0.2) is 29.3 Å². The predicted molar refractivity (Wildman–Crippen MR) is 134 cm³/mol. The molecule has 1 amide bonds. The van der Waals surface area contributed by atoms with E-state index in [1.54, 1.807) is 22.7 Å². The Bertz CT molecular complexity index is 854. The molecule has 2 saturated carbocycles.